The lowest BCUT2D eigenvalue weighted by atomic mass is 10.0. The first-order valence-electron chi connectivity index (χ1n) is 6.34. The van der Waals surface area contributed by atoms with E-state index in [2.05, 4.69) is 5.32 Å². The molecule has 1 N–H and O–H groups in total. The Labute approximate surface area is 102 Å². The molecule has 0 bridgehead atoms. The van der Waals surface area contributed by atoms with Crippen LogP contribution in [0.15, 0.2) is 0 Å². The summed E-state index contributed by atoms with van der Waals surface area (Å²) >= 11 is 0. The number of carbonyl (C=O) groups excluding carboxylic acids is 2. The van der Waals surface area contributed by atoms with Crippen LogP contribution in [0.5, 0.6) is 0 Å². The highest BCUT2D eigenvalue weighted by molar-refractivity contribution is 5.81. The average Bonchev–Trinajstić information content (AvgIpc) is 3.13. The number of piperidine rings is 1. The maximum atomic E-state index is 11.8. The van der Waals surface area contributed by atoms with Crippen molar-refractivity contribution in [3.05, 3.63) is 0 Å². The molecule has 2 aliphatic rings. The molecular weight excluding hydrogens is 218 g/mol. The van der Waals surface area contributed by atoms with E-state index in [1.165, 1.54) is 0 Å². The van der Waals surface area contributed by atoms with Gasteiger partial charge in [0.25, 0.3) is 0 Å². The van der Waals surface area contributed by atoms with Gasteiger partial charge in [-0.25, -0.2) is 4.79 Å². The number of rotatable bonds is 2. The Morgan fingerprint density at radius 1 is 1.12 bits per heavy atom. The van der Waals surface area contributed by atoms with Crippen LogP contribution in [0.25, 0.3) is 0 Å². The molecule has 17 heavy (non-hydrogen) atoms. The minimum Gasteiger partial charge on any atom is -0.342 e. The maximum absolute atomic E-state index is 11.8. The zero-order chi connectivity index (χ0) is 12.4. The minimum absolute atomic E-state index is 0.0445. The number of likely N-dealkylation sites (tertiary alicyclic amines) is 1. The van der Waals surface area contributed by atoms with Gasteiger partial charge < -0.3 is 15.1 Å². The zero-order valence-electron chi connectivity index (χ0n) is 10.6. The fraction of sp³-hybridized carbons (Fsp3) is 0.833. The predicted octanol–water partition coefficient (Wildman–Crippen LogP) is 0.659. The van der Waals surface area contributed by atoms with Gasteiger partial charge in [0, 0.05) is 39.1 Å². The Morgan fingerprint density at radius 2 is 1.71 bits per heavy atom. The van der Waals surface area contributed by atoms with Crippen LogP contribution in [-0.4, -0.2) is 55.0 Å². The summed E-state index contributed by atoms with van der Waals surface area (Å²) < 4.78 is 0. The second-order valence-corrected chi connectivity index (χ2v) is 5.22. The topological polar surface area (TPSA) is 52.7 Å². The first-order chi connectivity index (χ1) is 8.08. The van der Waals surface area contributed by atoms with Crippen molar-refractivity contribution in [3.8, 4) is 0 Å². The number of hydrogen-bond acceptors (Lipinski definition) is 2. The van der Waals surface area contributed by atoms with Gasteiger partial charge in [0.05, 0.1) is 0 Å². The molecule has 1 aliphatic heterocycles. The van der Waals surface area contributed by atoms with Crippen LogP contribution in [0.2, 0.25) is 0 Å². The van der Waals surface area contributed by atoms with Crippen LogP contribution < -0.4 is 5.32 Å². The molecule has 0 aromatic carbocycles. The molecule has 2 fully saturated rings. The minimum atomic E-state index is -0.0445. The molecule has 1 heterocycles. The quantitative estimate of drug-likeness (QED) is 0.769. The Bertz CT molecular complexity index is 305. The lowest BCUT2D eigenvalue weighted by Crippen LogP contribution is -2.49. The van der Waals surface area contributed by atoms with Crippen molar-refractivity contribution in [2.75, 3.05) is 27.2 Å². The zero-order valence-corrected chi connectivity index (χ0v) is 10.6. The molecule has 3 amide bonds. The van der Waals surface area contributed by atoms with Gasteiger partial charge >= 0.3 is 6.03 Å². The Morgan fingerprint density at radius 3 is 2.18 bits per heavy atom. The van der Waals surface area contributed by atoms with Gasteiger partial charge in [0.15, 0.2) is 0 Å². The van der Waals surface area contributed by atoms with Crippen molar-refractivity contribution >= 4 is 11.9 Å². The summed E-state index contributed by atoms with van der Waals surface area (Å²) in [6, 6.07) is 0.171. The Balaban J connectivity index is 1.74. The number of hydrogen-bond donors (Lipinski definition) is 1. The van der Waals surface area contributed by atoms with Crippen LogP contribution in [0.1, 0.15) is 25.7 Å². The second kappa shape index (κ2) is 4.94. The van der Waals surface area contributed by atoms with E-state index in [9.17, 15) is 9.59 Å². The molecule has 0 radical (unpaired) electrons. The van der Waals surface area contributed by atoms with Crippen molar-refractivity contribution in [2.24, 2.45) is 5.92 Å². The van der Waals surface area contributed by atoms with E-state index in [0.717, 1.165) is 38.8 Å². The highest BCUT2D eigenvalue weighted by atomic mass is 16.2. The fourth-order valence-electron chi connectivity index (χ4n) is 2.14. The number of amides is 3. The molecule has 1 saturated carbocycles. The molecule has 0 aromatic heterocycles. The number of nitrogens with zero attached hydrogens (tertiary/aromatic N) is 2. The molecule has 1 saturated heterocycles. The lowest BCUT2D eigenvalue weighted by molar-refractivity contribution is -0.133. The van der Waals surface area contributed by atoms with Gasteiger partial charge in [-0.1, -0.05) is 0 Å². The monoisotopic (exact) mass is 239 g/mol. The predicted molar refractivity (Wildman–Crippen MR) is 64.5 cm³/mol. The summed E-state index contributed by atoms with van der Waals surface area (Å²) in [7, 11) is 3.47. The number of urea groups is 1. The Kier molecular flexibility index (Phi) is 3.54. The van der Waals surface area contributed by atoms with Gasteiger partial charge in [-0.15, -0.1) is 0 Å². The molecule has 0 aromatic rings. The van der Waals surface area contributed by atoms with Crippen molar-refractivity contribution in [3.63, 3.8) is 0 Å². The van der Waals surface area contributed by atoms with E-state index < -0.39 is 0 Å². The second-order valence-electron chi connectivity index (χ2n) is 5.22. The van der Waals surface area contributed by atoms with E-state index in [1.807, 2.05) is 4.90 Å². The van der Waals surface area contributed by atoms with Crippen molar-refractivity contribution in [1.29, 1.82) is 0 Å². The summed E-state index contributed by atoms with van der Waals surface area (Å²) in [6.45, 7) is 1.57. The first kappa shape index (κ1) is 12.2. The van der Waals surface area contributed by atoms with E-state index in [0.29, 0.717) is 11.8 Å². The third-order valence-corrected chi connectivity index (χ3v) is 3.47. The molecule has 5 heteroatoms. The van der Waals surface area contributed by atoms with Crippen molar-refractivity contribution in [1.82, 2.24) is 15.1 Å². The van der Waals surface area contributed by atoms with Crippen LogP contribution in [0.3, 0.4) is 0 Å². The van der Waals surface area contributed by atoms with Gasteiger partial charge in [-0.05, 0) is 25.7 Å². The first-order valence-corrected chi connectivity index (χ1v) is 6.34. The van der Waals surface area contributed by atoms with Crippen LogP contribution in [-0.2, 0) is 4.79 Å². The van der Waals surface area contributed by atoms with Crippen LogP contribution >= 0.6 is 0 Å². The van der Waals surface area contributed by atoms with Crippen molar-refractivity contribution in [2.45, 2.75) is 31.7 Å². The smallest absolute Gasteiger partial charge is 0.317 e. The number of nitrogens with one attached hydrogen (secondary N) is 1. The van der Waals surface area contributed by atoms with Crippen molar-refractivity contribution < 1.29 is 9.59 Å². The van der Waals surface area contributed by atoms with E-state index in [-0.39, 0.29) is 12.1 Å². The van der Waals surface area contributed by atoms with E-state index >= 15 is 0 Å². The summed E-state index contributed by atoms with van der Waals surface area (Å²) in [6.07, 6.45) is 3.88. The highest BCUT2D eigenvalue weighted by Crippen LogP contribution is 2.31. The largest absolute Gasteiger partial charge is 0.342 e. The van der Waals surface area contributed by atoms with Gasteiger partial charge in [-0.3, -0.25) is 4.79 Å². The average molecular weight is 239 g/mol. The normalized spacial score (nSPS) is 21.2. The molecule has 0 spiro atoms. The molecule has 0 atom stereocenters. The fourth-order valence-corrected chi connectivity index (χ4v) is 2.14. The Hall–Kier alpha value is -1.26. The van der Waals surface area contributed by atoms with Gasteiger partial charge in [-0.2, -0.15) is 0 Å². The third-order valence-electron chi connectivity index (χ3n) is 3.47. The SMILES string of the molecule is CN(C)C(=O)NC1CCN(C(=O)C2CC2)CC1. The molecular formula is C12H21N3O2. The lowest BCUT2D eigenvalue weighted by Gasteiger charge is -2.33. The third kappa shape index (κ3) is 3.11. The number of carbonyl (C=O) groups is 2. The summed E-state index contributed by atoms with van der Waals surface area (Å²) in [5.74, 6) is 0.630. The standard InChI is InChI=1S/C12H21N3O2/c1-14(2)12(17)13-10-5-7-15(8-6-10)11(16)9-3-4-9/h9-10H,3-8H2,1-2H3,(H,13,17). The molecule has 2 rings (SSSR count). The molecule has 5 nitrogen and oxygen atoms in total. The highest BCUT2D eigenvalue weighted by Gasteiger charge is 2.35. The van der Waals surface area contributed by atoms with E-state index in [1.54, 1.807) is 19.0 Å². The van der Waals surface area contributed by atoms with Gasteiger partial charge in [0.1, 0.15) is 0 Å². The molecule has 0 unspecified atom stereocenters. The molecule has 96 valence electrons. The molecule has 1 aliphatic carbocycles. The summed E-state index contributed by atoms with van der Waals surface area (Å²) in [5, 5.41) is 2.97. The summed E-state index contributed by atoms with van der Waals surface area (Å²) in [4.78, 5) is 26.8. The van der Waals surface area contributed by atoms with Crippen LogP contribution in [0, 0.1) is 5.92 Å². The van der Waals surface area contributed by atoms with Gasteiger partial charge in [0.2, 0.25) is 5.91 Å². The maximum Gasteiger partial charge on any atom is 0.317 e. The van der Waals surface area contributed by atoms with E-state index in [4.69, 9.17) is 0 Å². The summed E-state index contributed by atoms with van der Waals surface area (Å²) in [5.41, 5.74) is 0. The van der Waals surface area contributed by atoms with Crippen LogP contribution in [0.4, 0.5) is 4.79 Å².